The third-order valence-electron chi connectivity index (χ3n) is 3.11. The fourth-order valence-corrected chi connectivity index (χ4v) is 3.01. The fourth-order valence-electron chi connectivity index (χ4n) is 1.89. The molecule has 2 rings (SSSR count). The van der Waals surface area contributed by atoms with Crippen molar-refractivity contribution < 1.29 is 28.6 Å². The Morgan fingerprint density at radius 1 is 0.862 bits per heavy atom. The van der Waals surface area contributed by atoms with Gasteiger partial charge in [0.05, 0.1) is 0 Å². The molecule has 0 aliphatic carbocycles. The Morgan fingerprint density at radius 2 is 1.38 bits per heavy atom. The van der Waals surface area contributed by atoms with Crippen LogP contribution in [0, 0.1) is 5.41 Å². The number of esters is 2. The molecule has 29 heavy (non-hydrogen) atoms. The van der Waals surface area contributed by atoms with Crippen molar-refractivity contribution in [3.05, 3.63) is 23.2 Å². The first kappa shape index (κ1) is 22.2. The predicted octanol–water partition coefficient (Wildman–Crippen LogP) is 2.84. The van der Waals surface area contributed by atoms with Crippen LogP contribution in [0.5, 0.6) is 0 Å². The van der Waals surface area contributed by atoms with E-state index in [1.54, 1.807) is 12.4 Å². The second-order valence-corrected chi connectivity index (χ2v) is 7.11. The van der Waals surface area contributed by atoms with Crippen LogP contribution in [0.25, 0.3) is 0 Å². The lowest BCUT2D eigenvalue weighted by molar-refractivity contribution is -0.139. The maximum Gasteiger partial charge on any atom is 0.525 e. The zero-order chi connectivity index (χ0) is 20.9. The first-order valence-corrected chi connectivity index (χ1v) is 10.3. The zero-order valence-corrected chi connectivity index (χ0v) is 16.8. The van der Waals surface area contributed by atoms with E-state index in [2.05, 4.69) is 34.8 Å². The van der Waals surface area contributed by atoms with Crippen molar-refractivity contribution in [3.63, 3.8) is 0 Å². The number of aromatic nitrogens is 2. The highest BCUT2D eigenvalue weighted by Gasteiger charge is 2.17. The third kappa shape index (κ3) is 9.62. The number of carbonyl (C=O) groups is 3. The molecule has 2 heterocycles. The minimum atomic E-state index is -1.42. The van der Waals surface area contributed by atoms with Crippen LogP contribution >= 0.6 is 22.7 Å². The SMILES string of the molecule is N=C(OC(=O)CCCNc1nccs1)OC(=O)OC(=O)CCCNc1nccs1. The maximum atomic E-state index is 11.6. The number of hydrogen-bond acceptors (Lipinski definition) is 13. The topological polar surface area (TPSA) is 153 Å². The third-order valence-corrected chi connectivity index (χ3v) is 4.57. The highest BCUT2D eigenvalue weighted by Crippen LogP contribution is 2.11. The molecule has 0 aliphatic rings. The molecule has 0 saturated heterocycles. The molecule has 0 atom stereocenters. The van der Waals surface area contributed by atoms with Crippen LogP contribution in [-0.2, 0) is 23.8 Å². The number of thiazole rings is 2. The quantitative estimate of drug-likeness (QED) is 0.165. The van der Waals surface area contributed by atoms with Crippen molar-refractivity contribution >= 4 is 57.1 Å². The molecule has 0 unspecified atom stereocenters. The molecule has 0 fully saturated rings. The summed E-state index contributed by atoms with van der Waals surface area (Å²) in [6, 6.07) is 0. The second-order valence-electron chi connectivity index (χ2n) is 5.32. The fraction of sp³-hybridized carbons (Fsp3) is 0.375. The molecule has 3 N–H and O–H groups in total. The summed E-state index contributed by atoms with van der Waals surface area (Å²) < 4.78 is 13.3. The highest BCUT2D eigenvalue weighted by molar-refractivity contribution is 7.13. The van der Waals surface area contributed by atoms with Gasteiger partial charge in [0.25, 0.3) is 0 Å². The van der Waals surface area contributed by atoms with Gasteiger partial charge in [0.2, 0.25) is 0 Å². The van der Waals surface area contributed by atoms with E-state index in [1.165, 1.54) is 22.7 Å². The number of nitrogens with zero attached hydrogens (tertiary/aromatic N) is 2. The van der Waals surface area contributed by atoms with Gasteiger partial charge in [-0.1, -0.05) is 0 Å². The van der Waals surface area contributed by atoms with Crippen LogP contribution in [0.3, 0.4) is 0 Å². The summed E-state index contributed by atoms with van der Waals surface area (Å²) in [6.45, 7) is 0.966. The van der Waals surface area contributed by atoms with Gasteiger partial charge in [0.15, 0.2) is 10.3 Å². The van der Waals surface area contributed by atoms with Crippen molar-refractivity contribution in [1.29, 1.82) is 5.41 Å². The van der Waals surface area contributed by atoms with E-state index in [0.717, 1.165) is 10.3 Å². The standard InChI is InChI=1S/C16H19N5O6S2/c17-13(25-11(22)3-1-5-18-14-20-7-9-28-14)27-16(24)26-12(23)4-2-6-19-15-21-8-10-29-15/h7-10,17H,1-6H2,(H,18,20)(H,19,21). The molecule has 0 spiro atoms. The summed E-state index contributed by atoms with van der Waals surface area (Å²) in [7, 11) is 0. The summed E-state index contributed by atoms with van der Waals surface area (Å²) in [6.07, 6.45) is 1.65. The molecule has 13 heteroatoms. The van der Waals surface area contributed by atoms with Crippen LogP contribution in [0.1, 0.15) is 25.7 Å². The number of rotatable bonds is 10. The summed E-state index contributed by atoms with van der Waals surface area (Å²) >= 11 is 2.86. The summed E-state index contributed by atoms with van der Waals surface area (Å²) in [5, 5.41) is 18.4. The molecular weight excluding hydrogens is 422 g/mol. The van der Waals surface area contributed by atoms with Crippen molar-refractivity contribution in [2.45, 2.75) is 25.7 Å². The number of carbonyl (C=O) groups excluding carboxylic acids is 3. The monoisotopic (exact) mass is 441 g/mol. The molecule has 156 valence electrons. The van der Waals surface area contributed by atoms with Gasteiger partial charge in [0, 0.05) is 49.1 Å². The van der Waals surface area contributed by atoms with E-state index in [1.807, 2.05) is 10.8 Å². The van der Waals surface area contributed by atoms with Gasteiger partial charge in [-0.15, -0.1) is 22.7 Å². The van der Waals surface area contributed by atoms with Crippen LogP contribution in [0.2, 0.25) is 0 Å². The van der Waals surface area contributed by atoms with Crippen molar-refractivity contribution in [2.75, 3.05) is 23.7 Å². The molecule has 0 saturated carbocycles. The number of ether oxygens (including phenoxy) is 3. The molecule has 2 aromatic rings. The van der Waals surface area contributed by atoms with E-state index in [4.69, 9.17) is 5.41 Å². The molecule has 0 amide bonds. The predicted molar refractivity (Wildman–Crippen MR) is 106 cm³/mol. The van der Waals surface area contributed by atoms with E-state index in [0.29, 0.717) is 25.9 Å². The lowest BCUT2D eigenvalue weighted by atomic mass is 10.3. The van der Waals surface area contributed by atoms with Crippen molar-refractivity contribution in [2.24, 2.45) is 0 Å². The average molecular weight is 441 g/mol. The lowest BCUT2D eigenvalue weighted by Crippen LogP contribution is -2.21. The van der Waals surface area contributed by atoms with Gasteiger partial charge < -0.3 is 24.8 Å². The molecule has 11 nitrogen and oxygen atoms in total. The second kappa shape index (κ2) is 12.4. The Kier molecular flexibility index (Phi) is 9.51. The van der Waals surface area contributed by atoms with Crippen LogP contribution in [-0.4, -0.2) is 47.2 Å². The van der Waals surface area contributed by atoms with Crippen molar-refractivity contribution in [1.82, 2.24) is 9.97 Å². The van der Waals surface area contributed by atoms with Crippen LogP contribution < -0.4 is 10.6 Å². The first-order valence-electron chi connectivity index (χ1n) is 8.51. The average Bonchev–Trinajstić information content (AvgIpc) is 3.36. The smallest absolute Gasteiger partial charge is 0.377 e. The largest absolute Gasteiger partial charge is 0.525 e. The molecule has 0 bridgehead atoms. The maximum absolute atomic E-state index is 11.6. The molecule has 0 radical (unpaired) electrons. The zero-order valence-electron chi connectivity index (χ0n) is 15.2. The van der Waals surface area contributed by atoms with E-state index < -0.39 is 24.2 Å². The Hall–Kier alpha value is -3.06. The Balaban J connectivity index is 1.51. The molecule has 2 aromatic heterocycles. The summed E-state index contributed by atoms with van der Waals surface area (Å²) in [4.78, 5) is 42.6. The minimum absolute atomic E-state index is 0.00416. The summed E-state index contributed by atoms with van der Waals surface area (Å²) in [5.41, 5.74) is 0. The Morgan fingerprint density at radius 3 is 1.86 bits per heavy atom. The van der Waals surface area contributed by atoms with Gasteiger partial charge >= 0.3 is 24.2 Å². The molecule has 0 aromatic carbocycles. The van der Waals surface area contributed by atoms with Crippen LogP contribution in [0.15, 0.2) is 23.2 Å². The number of hydrogen-bond donors (Lipinski definition) is 3. The molecule has 0 aliphatic heterocycles. The van der Waals surface area contributed by atoms with Gasteiger partial charge in [-0.25, -0.2) is 20.2 Å². The normalized spacial score (nSPS) is 10.1. The molecular formula is C16H19N5O6S2. The van der Waals surface area contributed by atoms with Gasteiger partial charge in [-0.05, 0) is 12.8 Å². The lowest BCUT2D eigenvalue weighted by Gasteiger charge is -2.06. The Bertz CT molecular complexity index is 731. The van der Waals surface area contributed by atoms with E-state index in [-0.39, 0.29) is 12.8 Å². The minimum Gasteiger partial charge on any atom is -0.377 e. The van der Waals surface area contributed by atoms with Crippen molar-refractivity contribution in [3.8, 4) is 0 Å². The summed E-state index contributed by atoms with van der Waals surface area (Å²) in [5.74, 6) is -1.56. The van der Waals surface area contributed by atoms with Gasteiger partial charge in [0.1, 0.15) is 0 Å². The first-order chi connectivity index (χ1) is 14.0. The number of anilines is 2. The number of nitrogens with one attached hydrogen (secondary N) is 3. The Labute approximate surface area is 173 Å². The van der Waals surface area contributed by atoms with E-state index in [9.17, 15) is 14.4 Å². The van der Waals surface area contributed by atoms with Gasteiger partial charge in [-0.2, -0.15) is 0 Å². The van der Waals surface area contributed by atoms with Crippen LogP contribution in [0.4, 0.5) is 15.1 Å². The highest BCUT2D eigenvalue weighted by atomic mass is 32.1. The van der Waals surface area contributed by atoms with Gasteiger partial charge in [-0.3, -0.25) is 9.59 Å². The van der Waals surface area contributed by atoms with E-state index >= 15 is 0 Å².